The van der Waals surface area contributed by atoms with Gasteiger partial charge in [-0.15, -0.1) is 0 Å². The lowest BCUT2D eigenvalue weighted by Gasteiger charge is -2.13. The highest BCUT2D eigenvalue weighted by Gasteiger charge is 2.22. The molecule has 1 fully saturated rings. The molecule has 1 unspecified atom stereocenters. The van der Waals surface area contributed by atoms with Crippen molar-refractivity contribution in [3.05, 3.63) is 23.9 Å². The predicted molar refractivity (Wildman–Crippen MR) is 65.2 cm³/mol. The smallest absolute Gasteiger partial charge is 0.222 e. The van der Waals surface area contributed by atoms with Crippen LogP contribution >= 0.6 is 12.2 Å². The van der Waals surface area contributed by atoms with Gasteiger partial charge in [-0.1, -0.05) is 12.2 Å². The highest BCUT2D eigenvalue weighted by molar-refractivity contribution is 7.80. The van der Waals surface area contributed by atoms with Crippen LogP contribution in [0.2, 0.25) is 0 Å². The van der Waals surface area contributed by atoms with E-state index in [4.69, 9.17) is 18.0 Å². The van der Waals surface area contributed by atoms with Crippen LogP contribution in [0.5, 0.6) is 0 Å². The second-order valence-corrected chi connectivity index (χ2v) is 4.05. The second-order valence-electron chi connectivity index (χ2n) is 3.61. The number of hydrogen-bond acceptors (Lipinski definition) is 4. The standard InChI is InChI=1S/C10H12N4OS/c11-9(16)7-2-1-3-12-10(7)14-6-4-8(15)13-5-6/h1-3,6H,4-5H2,(H2,11,16)(H,12,14)(H,13,15). The van der Waals surface area contributed by atoms with Gasteiger partial charge in [0.25, 0.3) is 0 Å². The zero-order valence-corrected chi connectivity index (χ0v) is 9.38. The van der Waals surface area contributed by atoms with Gasteiger partial charge >= 0.3 is 0 Å². The summed E-state index contributed by atoms with van der Waals surface area (Å²) in [5, 5.41) is 5.90. The van der Waals surface area contributed by atoms with Crippen molar-refractivity contribution in [3.8, 4) is 0 Å². The Labute approximate surface area is 98.4 Å². The first-order valence-electron chi connectivity index (χ1n) is 4.95. The highest BCUT2D eigenvalue weighted by Crippen LogP contribution is 2.14. The normalized spacial score (nSPS) is 19.2. The molecule has 6 heteroatoms. The van der Waals surface area contributed by atoms with Gasteiger partial charge in [0.1, 0.15) is 10.8 Å². The second kappa shape index (κ2) is 4.44. The van der Waals surface area contributed by atoms with Crippen LogP contribution in [0.3, 0.4) is 0 Å². The molecule has 0 saturated carbocycles. The van der Waals surface area contributed by atoms with Crippen molar-refractivity contribution in [2.75, 3.05) is 11.9 Å². The first-order chi connectivity index (χ1) is 7.66. The van der Waals surface area contributed by atoms with Gasteiger partial charge in [0.15, 0.2) is 0 Å². The lowest BCUT2D eigenvalue weighted by Crippen LogP contribution is -2.25. The number of aromatic nitrogens is 1. The van der Waals surface area contributed by atoms with E-state index in [1.54, 1.807) is 12.3 Å². The Morgan fingerprint density at radius 2 is 2.50 bits per heavy atom. The molecule has 0 spiro atoms. The van der Waals surface area contributed by atoms with Gasteiger partial charge < -0.3 is 16.4 Å². The Hall–Kier alpha value is -1.69. The molecule has 1 aromatic heterocycles. The molecule has 0 aliphatic carbocycles. The molecule has 0 aromatic carbocycles. The fourth-order valence-electron chi connectivity index (χ4n) is 1.62. The number of nitrogens with two attached hydrogens (primary N) is 1. The van der Waals surface area contributed by atoms with E-state index in [0.717, 1.165) is 0 Å². The summed E-state index contributed by atoms with van der Waals surface area (Å²) < 4.78 is 0. The monoisotopic (exact) mass is 236 g/mol. The summed E-state index contributed by atoms with van der Waals surface area (Å²) in [4.78, 5) is 15.5. The SMILES string of the molecule is NC(=S)c1cccnc1NC1CNC(=O)C1. The Kier molecular flexibility index (Phi) is 3.00. The van der Waals surface area contributed by atoms with E-state index in [0.29, 0.717) is 29.3 Å². The Bertz CT molecular complexity index is 435. The molecule has 1 aromatic rings. The van der Waals surface area contributed by atoms with Crippen molar-refractivity contribution in [2.45, 2.75) is 12.5 Å². The molecule has 4 N–H and O–H groups in total. The summed E-state index contributed by atoms with van der Waals surface area (Å²) in [6, 6.07) is 3.63. The summed E-state index contributed by atoms with van der Waals surface area (Å²) >= 11 is 4.93. The molecule has 2 heterocycles. The maximum Gasteiger partial charge on any atom is 0.222 e. The van der Waals surface area contributed by atoms with Crippen molar-refractivity contribution in [1.29, 1.82) is 0 Å². The topological polar surface area (TPSA) is 80.0 Å². The molecular formula is C10H12N4OS. The van der Waals surface area contributed by atoms with Gasteiger partial charge in [0, 0.05) is 19.2 Å². The zero-order chi connectivity index (χ0) is 11.5. The Balaban J connectivity index is 2.14. The van der Waals surface area contributed by atoms with Crippen molar-refractivity contribution >= 4 is 28.9 Å². The lowest BCUT2D eigenvalue weighted by molar-refractivity contribution is -0.119. The van der Waals surface area contributed by atoms with Gasteiger partial charge in [0.2, 0.25) is 5.91 Å². The summed E-state index contributed by atoms with van der Waals surface area (Å²) in [6.07, 6.45) is 2.11. The molecule has 84 valence electrons. The van der Waals surface area contributed by atoms with Gasteiger partial charge in [-0.2, -0.15) is 0 Å². The summed E-state index contributed by atoms with van der Waals surface area (Å²) in [5.41, 5.74) is 6.29. The molecule has 1 aliphatic heterocycles. The largest absolute Gasteiger partial charge is 0.389 e. The number of anilines is 1. The summed E-state index contributed by atoms with van der Waals surface area (Å²) in [7, 11) is 0. The van der Waals surface area contributed by atoms with Crippen LogP contribution in [0, 0.1) is 0 Å². The molecule has 1 aliphatic rings. The number of rotatable bonds is 3. The molecule has 1 atom stereocenters. The number of carbonyl (C=O) groups is 1. The van der Waals surface area contributed by atoms with Crippen molar-refractivity contribution in [2.24, 2.45) is 5.73 Å². The highest BCUT2D eigenvalue weighted by atomic mass is 32.1. The van der Waals surface area contributed by atoms with Crippen LogP contribution in [0.25, 0.3) is 0 Å². The van der Waals surface area contributed by atoms with Crippen LogP contribution < -0.4 is 16.4 Å². The minimum Gasteiger partial charge on any atom is -0.389 e. The predicted octanol–water partition coefficient (Wildman–Crippen LogP) is 0.0162. The Morgan fingerprint density at radius 3 is 3.12 bits per heavy atom. The molecule has 1 saturated heterocycles. The maximum atomic E-state index is 11.0. The summed E-state index contributed by atoms with van der Waals surface area (Å²) in [5.74, 6) is 0.682. The molecule has 0 radical (unpaired) electrons. The van der Waals surface area contributed by atoms with E-state index < -0.39 is 0 Å². The quantitative estimate of drug-likeness (QED) is 0.645. The van der Waals surface area contributed by atoms with Crippen LogP contribution in [0.15, 0.2) is 18.3 Å². The number of thiocarbonyl (C=S) groups is 1. The van der Waals surface area contributed by atoms with E-state index in [2.05, 4.69) is 15.6 Å². The first kappa shape index (κ1) is 10.8. The van der Waals surface area contributed by atoms with Crippen LogP contribution in [-0.4, -0.2) is 28.5 Å². The van der Waals surface area contributed by atoms with E-state index >= 15 is 0 Å². The number of hydrogen-bond donors (Lipinski definition) is 3. The number of carbonyl (C=O) groups excluding carboxylic acids is 1. The average Bonchev–Trinajstić information content (AvgIpc) is 2.64. The zero-order valence-electron chi connectivity index (χ0n) is 8.56. The average molecular weight is 236 g/mol. The van der Waals surface area contributed by atoms with Crippen molar-refractivity contribution in [1.82, 2.24) is 10.3 Å². The third-order valence-corrected chi connectivity index (χ3v) is 2.61. The fraction of sp³-hybridized carbons (Fsp3) is 0.300. The first-order valence-corrected chi connectivity index (χ1v) is 5.35. The third kappa shape index (κ3) is 2.27. The molecular weight excluding hydrogens is 224 g/mol. The number of nitrogens with zero attached hydrogens (tertiary/aromatic N) is 1. The van der Waals surface area contributed by atoms with Crippen LogP contribution in [-0.2, 0) is 4.79 Å². The maximum absolute atomic E-state index is 11.0. The van der Waals surface area contributed by atoms with E-state index in [1.807, 2.05) is 6.07 Å². The number of pyridine rings is 1. The van der Waals surface area contributed by atoms with E-state index in [9.17, 15) is 4.79 Å². The van der Waals surface area contributed by atoms with Crippen LogP contribution in [0.1, 0.15) is 12.0 Å². The van der Waals surface area contributed by atoms with Gasteiger partial charge in [0.05, 0.1) is 11.6 Å². The number of amides is 1. The fourth-order valence-corrected chi connectivity index (χ4v) is 1.78. The van der Waals surface area contributed by atoms with Crippen molar-refractivity contribution < 1.29 is 4.79 Å². The summed E-state index contributed by atoms with van der Waals surface area (Å²) in [6.45, 7) is 0.603. The minimum absolute atomic E-state index is 0.0466. The molecule has 16 heavy (non-hydrogen) atoms. The van der Waals surface area contributed by atoms with E-state index in [-0.39, 0.29) is 11.9 Å². The van der Waals surface area contributed by atoms with Gasteiger partial charge in [-0.3, -0.25) is 4.79 Å². The molecule has 1 amide bonds. The lowest BCUT2D eigenvalue weighted by atomic mass is 10.2. The van der Waals surface area contributed by atoms with Gasteiger partial charge in [-0.25, -0.2) is 4.98 Å². The molecule has 2 rings (SSSR count). The van der Waals surface area contributed by atoms with Crippen molar-refractivity contribution in [3.63, 3.8) is 0 Å². The van der Waals surface area contributed by atoms with E-state index in [1.165, 1.54) is 0 Å². The molecule has 0 bridgehead atoms. The van der Waals surface area contributed by atoms with Crippen LogP contribution in [0.4, 0.5) is 5.82 Å². The number of nitrogens with one attached hydrogen (secondary N) is 2. The minimum atomic E-state index is 0.0466. The third-order valence-electron chi connectivity index (χ3n) is 2.39. The van der Waals surface area contributed by atoms with Gasteiger partial charge in [-0.05, 0) is 12.1 Å². The molecule has 5 nitrogen and oxygen atoms in total. The Morgan fingerprint density at radius 1 is 1.69 bits per heavy atom.